The molecule has 0 radical (unpaired) electrons. The minimum absolute atomic E-state index is 0.000835. The van der Waals surface area contributed by atoms with Crippen molar-refractivity contribution in [3.05, 3.63) is 121 Å². The van der Waals surface area contributed by atoms with Crippen LogP contribution in [-0.2, 0) is 30.9 Å². The Morgan fingerprint density at radius 1 is 0.859 bits per heavy atom. The number of nitrogens with zero attached hydrogens (tertiary/aromatic N) is 6. The zero-order chi connectivity index (χ0) is 50.7. The van der Waals surface area contributed by atoms with Gasteiger partial charge in [-0.25, -0.2) is 9.97 Å². The van der Waals surface area contributed by atoms with Crippen LogP contribution in [-0.4, -0.2) is 125 Å². The van der Waals surface area contributed by atoms with Gasteiger partial charge in [-0.1, -0.05) is 41.4 Å². The number of ether oxygens (including phenoxy) is 4. The van der Waals surface area contributed by atoms with E-state index < -0.39 is 65.6 Å². The smallest absolute Gasteiger partial charge is 0.279 e. The van der Waals surface area contributed by atoms with E-state index in [-0.39, 0.29) is 103 Å². The number of imidazole rings is 1. The molecule has 6 heterocycles. The second-order valence-corrected chi connectivity index (χ2v) is 17.6. The topological polar surface area (TPSA) is 252 Å². The van der Waals surface area contributed by atoms with E-state index in [4.69, 9.17) is 47.1 Å². The number of imide groups is 2. The third-order valence-electron chi connectivity index (χ3n) is 11.8. The average molecular weight is 1010 g/mol. The van der Waals surface area contributed by atoms with E-state index in [1.807, 2.05) is 18.4 Å². The summed E-state index contributed by atoms with van der Waals surface area (Å²) in [5, 5.41) is 8.33. The first-order valence-electron chi connectivity index (χ1n) is 22.4. The second-order valence-electron chi connectivity index (χ2n) is 16.7. The lowest BCUT2D eigenvalue weighted by atomic mass is 10.0. The molecule has 7 amide bonds. The lowest BCUT2D eigenvalue weighted by Crippen LogP contribution is -2.54. The van der Waals surface area contributed by atoms with E-state index >= 15 is 0 Å². The summed E-state index contributed by atoms with van der Waals surface area (Å²) < 4.78 is 25.6. The molecule has 1 saturated heterocycles. The first-order chi connectivity index (χ1) is 34.1. The molecule has 2 aromatic carbocycles. The zero-order valence-corrected chi connectivity index (χ0v) is 40.3. The van der Waals surface area contributed by atoms with E-state index in [1.165, 1.54) is 53.2 Å². The third-order valence-corrected chi connectivity index (χ3v) is 12.2. The summed E-state index contributed by atoms with van der Waals surface area (Å²) >= 11 is 12.7. The minimum Gasteiger partial charge on any atom is -0.483 e. The van der Waals surface area contributed by atoms with E-state index in [9.17, 15) is 38.4 Å². The van der Waals surface area contributed by atoms with Crippen LogP contribution < -0.4 is 35.9 Å². The summed E-state index contributed by atoms with van der Waals surface area (Å²) in [7, 11) is 2.98. The van der Waals surface area contributed by atoms with Gasteiger partial charge in [-0.3, -0.25) is 53.5 Å². The molecule has 0 spiro atoms. The van der Waals surface area contributed by atoms with Gasteiger partial charge in [0.1, 0.15) is 29.3 Å². The lowest BCUT2D eigenvalue weighted by Gasteiger charge is -2.28. The molecule has 21 nitrogen and oxygen atoms in total. The van der Waals surface area contributed by atoms with Crippen molar-refractivity contribution < 1.29 is 52.5 Å². The number of carbonyl (C=O) groups excluding carboxylic acids is 7. The van der Waals surface area contributed by atoms with Crippen molar-refractivity contribution in [1.82, 2.24) is 40.0 Å². The predicted molar refractivity (Wildman–Crippen MR) is 255 cm³/mol. The van der Waals surface area contributed by atoms with Gasteiger partial charge in [0.25, 0.3) is 35.1 Å². The molecule has 1 fully saturated rings. The molecule has 0 bridgehead atoms. The molecule has 3 aliphatic rings. The quantitative estimate of drug-likeness (QED) is 0.0790. The Balaban J connectivity index is 0.821. The van der Waals surface area contributed by atoms with Crippen molar-refractivity contribution in [2.24, 2.45) is 7.05 Å². The Kier molecular flexibility index (Phi) is 15.0. The van der Waals surface area contributed by atoms with E-state index in [0.717, 1.165) is 4.90 Å². The maximum Gasteiger partial charge on any atom is 0.279 e. The normalized spacial score (nSPS) is 16.4. The monoisotopic (exact) mass is 1010 g/mol. The van der Waals surface area contributed by atoms with Crippen LogP contribution in [0.15, 0.2) is 71.8 Å². The second kappa shape index (κ2) is 21.3. The first kappa shape index (κ1) is 49.9. The predicted octanol–water partition coefficient (Wildman–Crippen LogP) is 3.65. The van der Waals surface area contributed by atoms with Crippen LogP contribution in [0.3, 0.4) is 0 Å². The molecule has 71 heavy (non-hydrogen) atoms. The summed E-state index contributed by atoms with van der Waals surface area (Å²) in [6.45, 7) is 4.30. The van der Waals surface area contributed by atoms with Gasteiger partial charge in [0.2, 0.25) is 17.7 Å². The summed E-state index contributed by atoms with van der Waals surface area (Å²) in [5.74, 6) is -3.69. The maximum absolute atomic E-state index is 14.5. The van der Waals surface area contributed by atoms with Crippen molar-refractivity contribution in [2.45, 2.75) is 44.8 Å². The molecule has 23 heteroatoms. The molecule has 0 aliphatic carbocycles. The van der Waals surface area contributed by atoms with Gasteiger partial charge in [0, 0.05) is 50.0 Å². The van der Waals surface area contributed by atoms with Crippen molar-refractivity contribution in [3.8, 4) is 23.0 Å². The van der Waals surface area contributed by atoms with Crippen molar-refractivity contribution in [3.63, 3.8) is 0 Å². The number of amides is 7. The number of benzene rings is 2. The van der Waals surface area contributed by atoms with Gasteiger partial charge in [0.15, 0.2) is 12.3 Å². The number of piperidine rings is 1. The van der Waals surface area contributed by atoms with Crippen LogP contribution in [0.1, 0.15) is 91.6 Å². The fourth-order valence-corrected chi connectivity index (χ4v) is 8.95. The highest BCUT2D eigenvalue weighted by atomic mass is 35.5. The maximum atomic E-state index is 14.5. The molecule has 3 aliphatic heterocycles. The van der Waals surface area contributed by atoms with Crippen molar-refractivity contribution in [1.29, 1.82) is 0 Å². The van der Waals surface area contributed by atoms with Gasteiger partial charge in [0.05, 0.1) is 66.5 Å². The Morgan fingerprint density at radius 2 is 1.58 bits per heavy atom. The van der Waals surface area contributed by atoms with Crippen LogP contribution in [0.4, 0.5) is 5.69 Å². The van der Waals surface area contributed by atoms with Crippen molar-refractivity contribution >= 4 is 70.2 Å². The first-order valence-corrected chi connectivity index (χ1v) is 23.1. The Hall–Kier alpha value is -7.46. The van der Waals surface area contributed by atoms with Crippen LogP contribution in [0, 0.1) is 0 Å². The van der Waals surface area contributed by atoms with E-state index in [0.29, 0.717) is 27.7 Å². The van der Waals surface area contributed by atoms with Gasteiger partial charge < -0.3 is 38.7 Å². The number of pyridine rings is 2. The largest absolute Gasteiger partial charge is 0.483 e. The van der Waals surface area contributed by atoms with Crippen LogP contribution in [0.25, 0.3) is 11.4 Å². The molecule has 1 unspecified atom stereocenters. The number of hydrogen-bond donors (Lipinski definition) is 3. The summed E-state index contributed by atoms with van der Waals surface area (Å²) in [4.78, 5) is 116. The van der Waals surface area contributed by atoms with Gasteiger partial charge in [-0.05, 0) is 62.2 Å². The number of aryl methyl sites for hydroxylation is 1. The molecular formula is C48H47Cl2N9O12. The highest BCUT2D eigenvalue weighted by Gasteiger charge is 2.47. The summed E-state index contributed by atoms with van der Waals surface area (Å²) in [6.07, 6.45) is 2.81. The number of hydrogen-bond acceptors (Lipinski definition) is 14. The van der Waals surface area contributed by atoms with E-state index in [2.05, 4.69) is 20.9 Å². The highest BCUT2D eigenvalue weighted by Crippen LogP contribution is 2.45. The molecule has 370 valence electrons. The van der Waals surface area contributed by atoms with Crippen LogP contribution >= 0.6 is 23.2 Å². The Morgan fingerprint density at radius 3 is 2.27 bits per heavy atom. The zero-order valence-electron chi connectivity index (χ0n) is 38.8. The number of aromatic nitrogens is 4. The molecule has 5 aromatic rings. The third kappa shape index (κ3) is 10.1. The molecular weight excluding hydrogens is 965 g/mol. The molecule has 8 rings (SSSR count). The average Bonchev–Trinajstić information content (AvgIpc) is 3.96. The number of anilines is 1. The fraction of sp³-hybridized carbons (Fsp3) is 0.333. The Labute approximate surface area is 415 Å². The van der Waals surface area contributed by atoms with Gasteiger partial charge in [-0.15, -0.1) is 0 Å². The van der Waals surface area contributed by atoms with Gasteiger partial charge >= 0.3 is 0 Å². The van der Waals surface area contributed by atoms with Crippen molar-refractivity contribution in [2.75, 3.05) is 58.1 Å². The van der Waals surface area contributed by atoms with E-state index in [1.54, 1.807) is 37.4 Å². The molecule has 0 saturated carbocycles. The summed E-state index contributed by atoms with van der Waals surface area (Å²) in [6, 6.07) is 12.1. The van der Waals surface area contributed by atoms with Crippen LogP contribution in [0.5, 0.6) is 11.6 Å². The number of methoxy groups -OCH3 is 1. The minimum atomic E-state index is -1.14. The standard InChI is InChI=1S/C48H47Cl2N9O12/c1-25(2)57-40-38(48(67)58(33-21-29(50)23-56(3)46(33)65)39(40)26-8-10-28(49)11-9-26)55-41(57)31-20-27(22-53-44(31)68-4)42(62)52-15-17-70-19-18-69-16-14-51-36(61)24-71-34-7-5-6-30-37(34)47(66)59(45(30)64)32-12-13-35(60)54-43(32)63/h5-11,20-23,25,32,39H,12-19,24H2,1-4H3,(H,51,61)(H,52,62)(H,54,60,63)/t32?,39-/m0/s1. The molecule has 3 N–H and O–H groups in total. The number of rotatable bonds is 19. The number of halogens is 2. The highest BCUT2D eigenvalue weighted by molar-refractivity contribution is 6.31. The number of fused-ring (bicyclic) bond motifs is 2. The van der Waals surface area contributed by atoms with Crippen LogP contribution in [0.2, 0.25) is 10.0 Å². The summed E-state index contributed by atoms with van der Waals surface area (Å²) in [5.41, 5.74) is 1.40. The fourth-order valence-electron chi connectivity index (χ4n) is 8.58. The lowest BCUT2D eigenvalue weighted by molar-refractivity contribution is -0.136. The SMILES string of the molecule is COc1ncc(C(=O)NCCOCCOCCNC(=O)COc2cccc3c2C(=O)N(C2CCC(=O)NC2=O)C3=O)cc1-c1nc2c(n1C(C)C)[C@H](c1ccc(Cl)cc1)N(c1cc(Cl)cn(C)c1=O)C2=O. The number of nitrogens with one attached hydrogen (secondary N) is 3. The molecule has 2 atom stereocenters. The Bertz CT molecular complexity index is 3030. The number of carbonyl (C=O) groups is 7. The van der Waals surface area contributed by atoms with Gasteiger partial charge in [-0.2, -0.15) is 0 Å². The molecule has 3 aromatic heterocycles.